The molecular formula is C10H18F3NO2. The quantitative estimate of drug-likeness (QED) is 0.752. The molecule has 1 aliphatic rings. The first-order valence-electron chi connectivity index (χ1n) is 5.43. The van der Waals surface area contributed by atoms with Gasteiger partial charge in [0.05, 0.1) is 12.7 Å². The molecule has 16 heavy (non-hydrogen) atoms. The third-order valence-electron chi connectivity index (χ3n) is 2.76. The smallest absolute Gasteiger partial charge is 0.393 e. The Balaban J connectivity index is 2.10. The van der Waals surface area contributed by atoms with E-state index < -0.39 is 12.8 Å². The molecule has 1 heterocycles. The van der Waals surface area contributed by atoms with E-state index in [2.05, 4.69) is 4.74 Å². The topological polar surface area (TPSA) is 32.7 Å². The summed E-state index contributed by atoms with van der Waals surface area (Å²) in [5.41, 5.74) is 0. The third-order valence-corrected chi connectivity index (χ3v) is 2.76. The lowest BCUT2D eigenvalue weighted by molar-refractivity contribution is -0.174. The van der Waals surface area contributed by atoms with Crippen molar-refractivity contribution in [3.8, 4) is 0 Å². The summed E-state index contributed by atoms with van der Waals surface area (Å²) in [5.74, 6) is 0.177. The van der Waals surface area contributed by atoms with Crippen molar-refractivity contribution in [2.24, 2.45) is 5.92 Å². The molecule has 0 aromatic rings. The molecule has 0 aliphatic carbocycles. The average Bonchev–Trinajstić information content (AvgIpc) is 2.17. The van der Waals surface area contributed by atoms with Crippen molar-refractivity contribution < 1.29 is 23.0 Å². The van der Waals surface area contributed by atoms with Crippen LogP contribution < -0.4 is 0 Å². The maximum atomic E-state index is 11.8. The Labute approximate surface area is 93.2 Å². The Kier molecular flexibility index (Phi) is 5.01. The van der Waals surface area contributed by atoms with Gasteiger partial charge in [-0.1, -0.05) is 6.92 Å². The van der Waals surface area contributed by atoms with E-state index in [1.165, 1.54) is 0 Å². The second kappa shape index (κ2) is 5.84. The number of ether oxygens (including phenoxy) is 1. The fourth-order valence-corrected chi connectivity index (χ4v) is 1.80. The lowest BCUT2D eigenvalue weighted by Crippen LogP contribution is -2.43. The van der Waals surface area contributed by atoms with Crippen molar-refractivity contribution in [2.45, 2.75) is 25.6 Å². The fourth-order valence-electron chi connectivity index (χ4n) is 1.80. The second-order valence-electron chi connectivity index (χ2n) is 4.30. The number of alkyl halides is 3. The molecule has 1 rings (SSSR count). The van der Waals surface area contributed by atoms with E-state index in [1.54, 1.807) is 0 Å². The van der Waals surface area contributed by atoms with Crippen LogP contribution in [-0.4, -0.2) is 55.1 Å². The monoisotopic (exact) mass is 241 g/mol. The SMILES string of the molecule is CC1CN(CCOCC(F)(F)F)CCC1O. The van der Waals surface area contributed by atoms with Gasteiger partial charge in [0.2, 0.25) is 0 Å². The molecule has 1 fully saturated rings. The molecule has 1 N–H and O–H groups in total. The van der Waals surface area contributed by atoms with Crippen molar-refractivity contribution in [3.05, 3.63) is 0 Å². The maximum absolute atomic E-state index is 11.8. The molecule has 1 aliphatic heterocycles. The Hall–Kier alpha value is -0.330. The predicted octanol–water partition coefficient (Wildman–Crippen LogP) is 1.27. The highest BCUT2D eigenvalue weighted by Crippen LogP contribution is 2.17. The maximum Gasteiger partial charge on any atom is 0.411 e. The van der Waals surface area contributed by atoms with Crippen LogP contribution in [0, 0.1) is 5.92 Å². The average molecular weight is 241 g/mol. The number of likely N-dealkylation sites (tertiary alicyclic amines) is 1. The van der Waals surface area contributed by atoms with Gasteiger partial charge in [-0.15, -0.1) is 0 Å². The highest BCUT2D eigenvalue weighted by Gasteiger charge is 2.28. The van der Waals surface area contributed by atoms with E-state index in [0.717, 1.165) is 13.1 Å². The normalized spacial score (nSPS) is 28.3. The van der Waals surface area contributed by atoms with Crippen LogP contribution in [0.1, 0.15) is 13.3 Å². The molecule has 1 saturated heterocycles. The number of halogens is 3. The van der Waals surface area contributed by atoms with E-state index in [9.17, 15) is 18.3 Å². The van der Waals surface area contributed by atoms with Crippen LogP contribution in [0.4, 0.5) is 13.2 Å². The van der Waals surface area contributed by atoms with E-state index in [-0.39, 0.29) is 18.6 Å². The zero-order chi connectivity index (χ0) is 12.2. The Morgan fingerprint density at radius 3 is 2.69 bits per heavy atom. The van der Waals surface area contributed by atoms with Gasteiger partial charge < -0.3 is 14.7 Å². The second-order valence-corrected chi connectivity index (χ2v) is 4.30. The molecule has 2 unspecified atom stereocenters. The molecule has 0 radical (unpaired) electrons. The first kappa shape index (κ1) is 13.7. The van der Waals surface area contributed by atoms with Gasteiger partial charge in [0.15, 0.2) is 0 Å². The van der Waals surface area contributed by atoms with Gasteiger partial charge >= 0.3 is 6.18 Å². The summed E-state index contributed by atoms with van der Waals surface area (Å²) in [5, 5.41) is 9.47. The molecular weight excluding hydrogens is 223 g/mol. The Morgan fingerprint density at radius 2 is 2.12 bits per heavy atom. The zero-order valence-corrected chi connectivity index (χ0v) is 9.33. The fraction of sp³-hybridized carbons (Fsp3) is 1.00. The molecule has 2 atom stereocenters. The highest BCUT2D eigenvalue weighted by atomic mass is 19.4. The summed E-state index contributed by atoms with van der Waals surface area (Å²) < 4.78 is 39.8. The van der Waals surface area contributed by atoms with E-state index >= 15 is 0 Å². The number of nitrogens with zero attached hydrogens (tertiary/aromatic N) is 1. The van der Waals surface area contributed by atoms with Crippen LogP contribution in [0.5, 0.6) is 0 Å². The van der Waals surface area contributed by atoms with Crippen LogP contribution >= 0.6 is 0 Å². The van der Waals surface area contributed by atoms with Crippen molar-refractivity contribution >= 4 is 0 Å². The minimum atomic E-state index is -4.24. The molecule has 3 nitrogen and oxygen atoms in total. The Morgan fingerprint density at radius 1 is 1.44 bits per heavy atom. The Bertz CT molecular complexity index is 211. The number of aliphatic hydroxyl groups is 1. The standard InChI is InChI=1S/C10H18F3NO2/c1-8-6-14(3-2-9(8)15)4-5-16-7-10(11,12)13/h8-9,15H,2-7H2,1H3. The first-order chi connectivity index (χ1) is 7.38. The zero-order valence-electron chi connectivity index (χ0n) is 9.33. The summed E-state index contributed by atoms with van der Waals surface area (Å²) in [4.78, 5) is 2.02. The highest BCUT2D eigenvalue weighted by molar-refractivity contribution is 4.76. The molecule has 0 aromatic carbocycles. The van der Waals surface area contributed by atoms with Gasteiger partial charge in [0, 0.05) is 19.6 Å². The van der Waals surface area contributed by atoms with Crippen LogP contribution in [-0.2, 0) is 4.74 Å². The number of aliphatic hydroxyl groups excluding tert-OH is 1. The van der Waals surface area contributed by atoms with Crippen molar-refractivity contribution in [2.75, 3.05) is 32.8 Å². The minimum Gasteiger partial charge on any atom is -0.393 e. The summed E-state index contributed by atoms with van der Waals surface area (Å²) >= 11 is 0. The minimum absolute atomic E-state index is 0.0856. The summed E-state index contributed by atoms with van der Waals surface area (Å²) in [6.45, 7) is 2.78. The van der Waals surface area contributed by atoms with E-state index in [1.807, 2.05) is 11.8 Å². The van der Waals surface area contributed by atoms with E-state index in [4.69, 9.17) is 0 Å². The predicted molar refractivity (Wildman–Crippen MR) is 53.1 cm³/mol. The van der Waals surface area contributed by atoms with Crippen LogP contribution in [0.25, 0.3) is 0 Å². The van der Waals surface area contributed by atoms with Crippen LogP contribution in [0.3, 0.4) is 0 Å². The summed E-state index contributed by atoms with van der Waals surface area (Å²) in [7, 11) is 0. The lowest BCUT2D eigenvalue weighted by atomic mass is 9.97. The molecule has 0 saturated carbocycles. The van der Waals surface area contributed by atoms with Crippen molar-refractivity contribution in [1.82, 2.24) is 4.90 Å². The van der Waals surface area contributed by atoms with Gasteiger partial charge in [-0.25, -0.2) is 0 Å². The van der Waals surface area contributed by atoms with Gasteiger partial charge in [0.25, 0.3) is 0 Å². The van der Waals surface area contributed by atoms with Crippen molar-refractivity contribution in [1.29, 1.82) is 0 Å². The molecule has 0 bridgehead atoms. The van der Waals surface area contributed by atoms with Gasteiger partial charge in [-0.2, -0.15) is 13.2 Å². The van der Waals surface area contributed by atoms with Gasteiger partial charge in [0.1, 0.15) is 6.61 Å². The van der Waals surface area contributed by atoms with Gasteiger partial charge in [-0.3, -0.25) is 0 Å². The van der Waals surface area contributed by atoms with Crippen LogP contribution in [0.15, 0.2) is 0 Å². The molecule has 96 valence electrons. The summed E-state index contributed by atoms with van der Waals surface area (Å²) in [6, 6.07) is 0. The van der Waals surface area contributed by atoms with Crippen LogP contribution in [0.2, 0.25) is 0 Å². The van der Waals surface area contributed by atoms with E-state index in [0.29, 0.717) is 13.0 Å². The molecule has 0 spiro atoms. The third kappa shape index (κ3) is 5.14. The largest absolute Gasteiger partial charge is 0.411 e. The number of rotatable bonds is 4. The number of piperidine rings is 1. The van der Waals surface area contributed by atoms with Gasteiger partial charge in [-0.05, 0) is 12.3 Å². The summed E-state index contributed by atoms with van der Waals surface area (Å²) in [6.07, 6.45) is -3.85. The molecule has 0 aromatic heterocycles. The lowest BCUT2D eigenvalue weighted by Gasteiger charge is -2.34. The number of hydrogen-bond acceptors (Lipinski definition) is 3. The number of hydrogen-bond donors (Lipinski definition) is 1. The molecule has 6 heteroatoms. The first-order valence-corrected chi connectivity index (χ1v) is 5.43. The molecule has 0 amide bonds. The van der Waals surface area contributed by atoms with Crippen molar-refractivity contribution in [3.63, 3.8) is 0 Å².